The van der Waals surface area contributed by atoms with Crippen molar-refractivity contribution in [1.29, 1.82) is 0 Å². The van der Waals surface area contributed by atoms with Gasteiger partial charge in [-0.05, 0) is 36.8 Å². The molecule has 2 atom stereocenters. The van der Waals surface area contributed by atoms with Crippen LogP contribution in [0.5, 0.6) is 0 Å². The van der Waals surface area contributed by atoms with Gasteiger partial charge < -0.3 is 62.7 Å². The molecule has 0 saturated heterocycles. The molecule has 2 aromatic heterocycles. The van der Waals surface area contributed by atoms with Gasteiger partial charge in [-0.25, -0.2) is 19.6 Å². The third-order valence-corrected chi connectivity index (χ3v) is 12.7. The lowest BCUT2D eigenvalue weighted by Crippen LogP contribution is -2.48. The third-order valence-electron chi connectivity index (χ3n) is 12.7. The van der Waals surface area contributed by atoms with Gasteiger partial charge in [-0.15, -0.1) is 0 Å². The Morgan fingerprint density at radius 1 is 0.402 bits per heavy atom. The van der Waals surface area contributed by atoms with Crippen molar-refractivity contribution >= 4 is 71.6 Å². The van der Waals surface area contributed by atoms with Gasteiger partial charge in [0, 0.05) is 75.0 Å². The minimum absolute atomic E-state index is 0.0125. The zero-order valence-electron chi connectivity index (χ0n) is 46.9. The van der Waals surface area contributed by atoms with Crippen LogP contribution in [-0.4, -0.2) is 166 Å². The smallest absolute Gasteiger partial charge is 0.326 e. The highest BCUT2D eigenvalue weighted by atomic mass is 16.4. The lowest BCUT2D eigenvalue weighted by molar-refractivity contribution is -0.142. The normalized spacial score (nSPS) is 11.8. The fourth-order valence-electron chi connectivity index (χ4n) is 8.08. The monoisotopic (exact) mass is 1140 g/mol. The number of carboxylic acid groups (broad SMARTS) is 2. The number of aliphatic carboxylic acids is 2. The topological polar surface area (TPSA) is 389 Å². The molecule has 82 heavy (non-hydrogen) atoms. The predicted molar refractivity (Wildman–Crippen MR) is 305 cm³/mol. The molecule has 2 heterocycles. The second-order valence-electron chi connectivity index (χ2n) is 19.7. The number of carboxylic acids is 2. The molecule has 450 valence electrons. The molecule has 12 N–H and O–H groups in total. The summed E-state index contributed by atoms with van der Waals surface area (Å²) in [5.74, 6) is -6.81. The van der Waals surface area contributed by atoms with E-state index in [4.69, 9.17) is 0 Å². The van der Waals surface area contributed by atoms with Crippen LogP contribution in [0.1, 0.15) is 151 Å². The molecule has 0 aliphatic heterocycles. The molecule has 1 aromatic carbocycles. The standard InChI is InChI=1S/C56H84N14O12/c71-47(61-33-49(73)63-35-51(75)65-37-53(77)69-45(55(79)80)27-43-31-59-39-67-43)19-15-11-7-3-1-5-9-13-17-25-57-29-41-21-23-42(24-22-41)30-58-26-18-14-10-6-2-4-8-12-16-20-48(72)62-34-50(74)64-36-52(76)66-38-54(78)70-46(56(81)82)28-44-32-60-40-68-44/h21-24,29-32,39-40,45-46H,1-20,25-28,33-38H2,(H,59,67)(H,60,68)(H,61,71)(H,62,72)(H,63,73)(H,64,74)(H,65,75)(H,66,76)(H,69,77)(H,70,78)(H,79,80)(H,81,82)/t45-,46-/m0/s1. The molecule has 0 saturated carbocycles. The van der Waals surface area contributed by atoms with E-state index in [1.807, 2.05) is 12.4 Å². The highest BCUT2D eigenvalue weighted by Crippen LogP contribution is 2.13. The molecule has 0 spiro atoms. The zero-order chi connectivity index (χ0) is 59.4. The van der Waals surface area contributed by atoms with Crippen molar-refractivity contribution < 1.29 is 58.2 Å². The number of rotatable bonds is 46. The van der Waals surface area contributed by atoms with E-state index in [2.05, 4.69) is 96.7 Å². The molecule has 3 rings (SSSR count). The number of benzene rings is 1. The Hall–Kier alpha value is -8.32. The van der Waals surface area contributed by atoms with Gasteiger partial charge in [0.25, 0.3) is 0 Å². The fraction of sp³-hybridized carbons (Fsp3) is 0.571. The number of amides is 8. The summed E-state index contributed by atoms with van der Waals surface area (Å²) in [6.07, 6.45) is 28.9. The highest BCUT2D eigenvalue weighted by molar-refractivity contribution is 5.92. The van der Waals surface area contributed by atoms with Gasteiger partial charge in [-0.3, -0.25) is 48.3 Å². The van der Waals surface area contributed by atoms with Gasteiger partial charge in [0.2, 0.25) is 47.3 Å². The van der Waals surface area contributed by atoms with Crippen LogP contribution in [0.3, 0.4) is 0 Å². The minimum atomic E-state index is -1.24. The second-order valence-corrected chi connectivity index (χ2v) is 19.7. The molecule has 0 unspecified atom stereocenters. The Morgan fingerprint density at radius 2 is 0.683 bits per heavy atom. The van der Waals surface area contributed by atoms with Crippen molar-refractivity contribution in [3.63, 3.8) is 0 Å². The average Bonchev–Trinajstić information content (AvgIpc) is 4.19. The van der Waals surface area contributed by atoms with E-state index in [-0.39, 0.29) is 37.7 Å². The van der Waals surface area contributed by atoms with E-state index >= 15 is 0 Å². The summed E-state index contributed by atoms with van der Waals surface area (Å²) in [7, 11) is 0. The molecule has 8 amide bonds. The van der Waals surface area contributed by atoms with Gasteiger partial charge in [-0.2, -0.15) is 0 Å². The summed E-state index contributed by atoms with van der Waals surface area (Å²) >= 11 is 0. The number of unbranched alkanes of at least 4 members (excludes halogenated alkanes) is 16. The maximum Gasteiger partial charge on any atom is 0.326 e. The van der Waals surface area contributed by atoms with E-state index in [1.54, 1.807) is 0 Å². The number of H-pyrrole nitrogens is 2. The van der Waals surface area contributed by atoms with Crippen LogP contribution >= 0.6 is 0 Å². The second kappa shape index (κ2) is 42.6. The van der Waals surface area contributed by atoms with Crippen molar-refractivity contribution in [2.24, 2.45) is 9.98 Å². The number of nitrogens with zero attached hydrogens (tertiary/aromatic N) is 4. The molecule has 0 aliphatic rings. The van der Waals surface area contributed by atoms with Crippen molar-refractivity contribution in [2.75, 3.05) is 52.4 Å². The maximum absolute atomic E-state index is 12.2. The number of aromatic amines is 2. The first-order valence-electron chi connectivity index (χ1n) is 28.4. The van der Waals surface area contributed by atoms with Crippen LogP contribution in [0, 0.1) is 0 Å². The van der Waals surface area contributed by atoms with Crippen LogP contribution in [0.15, 0.2) is 59.3 Å². The van der Waals surface area contributed by atoms with Crippen molar-refractivity contribution in [3.8, 4) is 0 Å². The maximum atomic E-state index is 12.2. The van der Waals surface area contributed by atoms with Crippen molar-refractivity contribution in [3.05, 3.63) is 71.8 Å². The number of hydrogen-bond acceptors (Lipinski definition) is 14. The zero-order valence-corrected chi connectivity index (χ0v) is 46.9. The van der Waals surface area contributed by atoms with Gasteiger partial charge in [0.15, 0.2) is 0 Å². The van der Waals surface area contributed by atoms with Crippen LogP contribution in [0.25, 0.3) is 0 Å². The molecule has 26 heteroatoms. The van der Waals surface area contributed by atoms with Gasteiger partial charge in [0.05, 0.1) is 51.9 Å². The summed E-state index contributed by atoms with van der Waals surface area (Å²) in [5.41, 5.74) is 3.16. The van der Waals surface area contributed by atoms with Crippen LogP contribution in [0.4, 0.5) is 0 Å². The summed E-state index contributed by atoms with van der Waals surface area (Å²) < 4.78 is 0. The molecular formula is C56H84N14O12. The molecule has 26 nitrogen and oxygen atoms in total. The highest BCUT2D eigenvalue weighted by Gasteiger charge is 2.23. The third kappa shape index (κ3) is 34.6. The lowest BCUT2D eigenvalue weighted by atomic mass is 10.1. The Bertz CT molecular complexity index is 2280. The Labute approximate surface area is 478 Å². The summed E-state index contributed by atoms with van der Waals surface area (Å²) in [6.45, 7) is -0.749. The fourth-order valence-corrected chi connectivity index (χ4v) is 8.08. The number of aromatic nitrogens is 4. The molecule has 0 radical (unpaired) electrons. The number of aliphatic imine (C=N–C) groups is 2. The Balaban J connectivity index is 1.04. The first kappa shape index (κ1) is 68.0. The van der Waals surface area contributed by atoms with Gasteiger partial charge in [-0.1, -0.05) is 114 Å². The Morgan fingerprint density at radius 3 is 0.976 bits per heavy atom. The van der Waals surface area contributed by atoms with E-state index < -0.39 is 85.6 Å². The summed E-state index contributed by atoms with van der Waals surface area (Å²) in [5, 5.41) is 37.8. The molecule has 0 bridgehead atoms. The predicted octanol–water partition coefficient (Wildman–Crippen LogP) is 2.09. The van der Waals surface area contributed by atoms with Crippen molar-refractivity contribution in [1.82, 2.24) is 62.5 Å². The molecule has 0 aliphatic carbocycles. The molecular weight excluding hydrogens is 1060 g/mol. The number of carbonyl (C=O) groups excluding carboxylic acids is 8. The SMILES string of the molecule is O=C(CCCCCCCCCCCN=Cc1ccc(C=NCCCCCCCCCCCC(=O)NCC(=O)NCC(=O)NCC(=O)N[C@@H](Cc2cnc[nH]2)C(=O)O)cc1)NCC(=O)NCC(=O)NCC(=O)N[C@@H](Cc1cnc[nH]1)C(=O)O. The number of imidazole rings is 2. The first-order valence-corrected chi connectivity index (χ1v) is 28.4. The number of carbonyl (C=O) groups is 10. The van der Waals surface area contributed by atoms with E-state index in [1.165, 1.54) is 25.0 Å². The average molecular weight is 1150 g/mol. The molecule has 3 aromatic rings. The van der Waals surface area contributed by atoms with Gasteiger partial charge >= 0.3 is 11.9 Å². The molecule has 0 fully saturated rings. The van der Waals surface area contributed by atoms with Crippen LogP contribution < -0.4 is 42.5 Å². The van der Waals surface area contributed by atoms with E-state index in [9.17, 15) is 58.2 Å². The quantitative estimate of drug-likeness (QED) is 0.0285. The van der Waals surface area contributed by atoms with E-state index in [0.29, 0.717) is 24.2 Å². The summed E-state index contributed by atoms with van der Waals surface area (Å²) in [4.78, 5) is 142. The first-order chi connectivity index (χ1) is 39.7. The Kier molecular flexibility index (Phi) is 35.3. The largest absolute Gasteiger partial charge is 0.480 e. The minimum Gasteiger partial charge on any atom is -0.480 e. The summed E-state index contributed by atoms with van der Waals surface area (Å²) in [6, 6.07) is 5.78. The van der Waals surface area contributed by atoms with Gasteiger partial charge in [0.1, 0.15) is 12.1 Å². The number of nitrogens with one attached hydrogen (secondary N) is 10. The van der Waals surface area contributed by atoms with Crippen LogP contribution in [-0.2, 0) is 60.8 Å². The van der Waals surface area contributed by atoms with E-state index in [0.717, 1.165) is 140 Å². The van der Waals surface area contributed by atoms with Crippen molar-refractivity contribution in [2.45, 2.75) is 153 Å². The van der Waals surface area contributed by atoms with Crippen LogP contribution in [0.2, 0.25) is 0 Å². The lowest BCUT2D eigenvalue weighted by Gasteiger charge is -2.14. The number of hydrogen-bond donors (Lipinski definition) is 12.